The lowest BCUT2D eigenvalue weighted by Crippen LogP contribution is -1.96. The van der Waals surface area contributed by atoms with Crippen LogP contribution in [-0.2, 0) is 0 Å². The summed E-state index contributed by atoms with van der Waals surface area (Å²) in [5.74, 6) is 0.700. The molecule has 57 heavy (non-hydrogen) atoms. The van der Waals surface area contributed by atoms with Gasteiger partial charge in [-0.3, -0.25) is 4.98 Å². The van der Waals surface area contributed by atoms with Gasteiger partial charge in [0.15, 0.2) is 5.82 Å². The van der Waals surface area contributed by atoms with Crippen LogP contribution >= 0.6 is 0 Å². The maximum absolute atomic E-state index is 5.09. The van der Waals surface area contributed by atoms with E-state index in [4.69, 9.17) is 9.97 Å². The first-order chi connectivity index (χ1) is 28.3. The van der Waals surface area contributed by atoms with Crippen LogP contribution < -0.4 is 0 Å². The predicted molar refractivity (Wildman–Crippen MR) is 236 cm³/mol. The Balaban J connectivity index is 1.07. The summed E-state index contributed by atoms with van der Waals surface area (Å²) in [6.45, 7) is 0. The normalized spacial score (nSPS) is 11.5. The van der Waals surface area contributed by atoms with Crippen molar-refractivity contribution in [2.75, 3.05) is 0 Å². The maximum Gasteiger partial charge on any atom is 0.160 e. The van der Waals surface area contributed by atoms with Crippen molar-refractivity contribution in [2.45, 2.75) is 0 Å². The summed E-state index contributed by atoms with van der Waals surface area (Å²) in [7, 11) is 0. The first-order valence-electron chi connectivity index (χ1n) is 19.3. The third-order valence-corrected chi connectivity index (χ3v) is 11.1. The van der Waals surface area contributed by atoms with Crippen molar-refractivity contribution in [1.82, 2.24) is 19.5 Å². The number of nitrogens with zero attached hydrogens (tertiary/aromatic N) is 4. The summed E-state index contributed by atoms with van der Waals surface area (Å²) in [5.41, 5.74) is 13.1. The lowest BCUT2D eigenvalue weighted by atomic mass is 9.85. The SMILES string of the molecule is c1ccc(-c2cc(-c3ccccc3)nc(-c3ccc(-c4c5ccccc5c(-c5ccc6c(c5)c5cnccc5n6-c5ccccc5)c5ccccc45)cc3)n2)cc1. The van der Waals surface area contributed by atoms with Crippen LogP contribution in [0, 0.1) is 0 Å². The molecule has 0 atom stereocenters. The number of fused-ring (bicyclic) bond motifs is 5. The Labute approximate surface area is 330 Å². The van der Waals surface area contributed by atoms with Crippen molar-refractivity contribution in [3.8, 4) is 61.8 Å². The zero-order valence-electron chi connectivity index (χ0n) is 30.9. The summed E-state index contributed by atoms with van der Waals surface area (Å²) < 4.78 is 2.34. The van der Waals surface area contributed by atoms with Gasteiger partial charge in [0.1, 0.15) is 0 Å². The van der Waals surface area contributed by atoms with E-state index in [1.807, 2.05) is 48.8 Å². The Bertz CT molecular complexity index is 3150. The molecule has 3 aromatic heterocycles. The highest BCUT2D eigenvalue weighted by molar-refractivity contribution is 6.22. The molecule has 4 heteroatoms. The third-order valence-electron chi connectivity index (χ3n) is 11.1. The van der Waals surface area contributed by atoms with E-state index in [2.05, 4.69) is 167 Å². The van der Waals surface area contributed by atoms with Gasteiger partial charge >= 0.3 is 0 Å². The third kappa shape index (κ3) is 5.58. The molecule has 0 saturated heterocycles. The largest absolute Gasteiger partial charge is 0.309 e. The topological polar surface area (TPSA) is 43.6 Å². The summed E-state index contributed by atoms with van der Waals surface area (Å²) in [6, 6.07) is 68.8. The van der Waals surface area contributed by atoms with Crippen molar-refractivity contribution < 1.29 is 0 Å². The maximum atomic E-state index is 5.09. The van der Waals surface area contributed by atoms with Crippen molar-refractivity contribution in [2.24, 2.45) is 0 Å². The van der Waals surface area contributed by atoms with Gasteiger partial charge in [0, 0.05) is 45.5 Å². The Morgan fingerprint density at radius 1 is 0.333 bits per heavy atom. The first-order valence-corrected chi connectivity index (χ1v) is 19.3. The van der Waals surface area contributed by atoms with Gasteiger partial charge in [0.05, 0.1) is 22.4 Å². The number of hydrogen-bond donors (Lipinski definition) is 0. The summed E-state index contributed by atoms with van der Waals surface area (Å²) in [5, 5.41) is 7.16. The summed E-state index contributed by atoms with van der Waals surface area (Å²) >= 11 is 0. The number of aromatic nitrogens is 4. The van der Waals surface area contributed by atoms with E-state index in [-0.39, 0.29) is 0 Å². The molecular formula is C53H34N4. The zero-order chi connectivity index (χ0) is 37.7. The zero-order valence-corrected chi connectivity index (χ0v) is 30.9. The second-order valence-electron chi connectivity index (χ2n) is 14.4. The Morgan fingerprint density at radius 3 is 1.39 bits per heavy atom. The highest BCUT2D eigenvalue weighted by atomic mass is 15.0. The van der Waals surface area contributed by atoms with Crippen molar-refractivity contribution in [3.63, 3.8) is 0 Å². The van der Waals surface area contributed by atoms with Crippen LogP contribution in [0.2, 0.25) is 0 Å². The predicted octanol–water partition coefficient (Wildman–Crippen LogP) is 13.6. The van der Waals surface area contributed by atoms with Crippen molar-refractivity contribution in [3.05, 3.63) is 207 Å². The second-order valence-corrected chi connectivity index (χ2v) is 14.4. The number of benzene rings is 8. The van der Waals surface area contributed by atoms with E-state index in [1.165, 1.54) is 43.6 Å². The molecule has 0 unspecified atom stereocenters. The molecule has 0 aliphatic rings. The van der Waals surface area contributed by atoms with E-state index in [9.17, 15) is 0 Å². The monoisotopic (exact) mass is 726 g/mol. The van der Waals surface area contributed by atoms with E-state index in [0.717, 1.165) is 55.7 Å². The molecule has 0 aliphatic carbocycles. The number of hydrogen-bond acceptors (Lipinski definition) is 3. The molecule has 0 radical (unpaired) electrons. The van der Waals surface area contributed by atoms with E-state index in [1.54, 1.807) is 0 Å². The van der Waals surface area contributed by atoms with Gasteiger partial charge in [0.2, 0.25) is 0 Å². The van der Waals surface area contributed by atoms with Gasteiger partial charge in [-0.2, -0.15) is 0 Å². The average molecular weight is 727 g/mol. The van der Waals surface area contributed by atoms with Crippen molar-refractivity contribution in [1.29, 1.82) is 0 Å². The molecule has 0 bridgehead atoms. The highest BCUT2D eigenvalue weighted by Crippen LogP contribution is 2.45. The summed E-state index contributed by atoms with van der Waals surface area (Å²) in [4.78, 5) is 14.7. The van der Waals surface area contributed by atoms with Gasteiger partial charge in [-0.1, -0.05) is 158 Å². The van der Waals surface area contributed by atoms with Gasteiger partial charge in [-0.05, 0) is 80.2 Å². The Kier molecular flexibility index (Phi) is 7.78. The minimum Gasteiger partial charge on any atom is -0.309 e. The number of rotatable bonds is 6. The first kappa shape index (κ1) is 32.7. The van der Waals surface area contributed by atoms with Crippen LogP contribution in [0.25, 0.3) is 105 Å². The second kappa shape index (κ2) is 13.6. The fourth-order valence-electron chi connectivity index (χ4n) is 8.50. The quantitative estimate of drug-likeness (QED) is 0.160. The molecule has 3 heterocycles. The molecule has 11 rings (SSSR count). The van der Waals surface area contributed by atoms with Crippen LogP contribution in [0.5, 0.6) is 0 Å². The molecule has 0 N–H and O–H groups in total. The highest BCUT2D eigenvalue weighted by Gasteiger charge is 2.19. The molecule has 0 spiro atoms. The summed E-state index contributed by atoms with van der Waals surface area (Å²) in [6.07, 6.45) is 3.87. The fraction of sp³-hybridized carbons (Fsp3) is 0. The fourth-order valence-corrected chi connectivity index (χ4v) is 8.50. The Hall–Kier alpha value is -7.69. The van der Waals surface area contributed by atoms with Gasteiger partial charge in [0.25, 0.3) is 0 Å². The van der Waals surface area contributed by atoms with Crippen molar-refractivity contribution >= 4 is 43.4 Å². The van der Waals surface area contributed by atoms with Crippen LogP contribution in [0.4, 0.5) is 0 Å². The minimum atomic E-state index is 0.700. The molecule has 266 valence electrons. The van der Waals surface area contributed by atoms with E-state index >= 15 is 0 Å². The molecule has 0 fully saturated rings. The van der Waals surface area contributed by atoms with Gasteiger partial charge < -0.3 is 4.57 Å². The van der Waals surface area contributed by atoms with Crippen LogP contribution in [0.3, 0.4) is 0 Å². The molecule has 0 aliphatic heterocycles. The van der Waals surface area contributed by atoms with Crippen LogP contribution in [0.15, 0.2) is 207 Å². The molecule has 0 saturated carbocycles. The Morgan fingerprint density at radius 2 is 0.807 bits per heavy atom. The van der Waals surface area contributed by atoms with Crippen LogP contribution in [0.1, 0.15) is 0 Å². The standard InChI is InChI=1S/C53H34N4/c1-4-14-35(15-5-1)47-33-48(36-16-6-2-7-17-36)56-53(55-47)38-26-24-37(25-27-38)51-41-20-10-12-22-43(41)52(44-23-13-11-21-42(44)51)39-28-29-49-45(32-39)46-34-54-31-30-50(46)57(49)40-18-8-3-9-19-40/h1-34H. The lowest BCUT2D eigenvalue weighted by Gasteiger charge is -2.18. The van der Waals surface area contributed by atoms with E-state index < -0.39 is 0 Å². The number of para-hydroxylation sites is 1. The van der Waals surface area contributed by atoms with E-state index in [0.29, 0.717) is 5.82 Å². The lowest BCUT2D eigenvalue weighted by molar-refractivity contribution is 1.17. The molecule has 0 amide bonds. The van der Waals surface area contributed by atoms with Gasteiger partial charge in [-0.15, -0.1) is 0 Å². The molecular weight excluding hydrogens is 693 g/mol. The molecule has 4 nitrogen and oxygen atoms in total. The van der Waals surface area contributed by atoms with Crippen LogP contribution in [-0.4, -0.2) is 19.5 Å². The average Bonchev–Trinajstić information content (AvgIpc) is 3.62. The smallest absolute Gasteiger partial charge is 0.160 e. The van der Waals surface area contributed by atoms with Gasteiger partial charge in [-0.25, -0.2) is 9.97 Å². The molecule has 11 aromatic rings. The number of pyridine rings is 1. The molecule has 8 aromatic carbocycles. The minimum absolute atomic E-state index is 0.700.